The van der Waals surface area contributed by atoms with Gasteiger partial charge in [0.2, 0.25) is 0 Å². The number of hydrogen-bond acceptors (Lipinski definition) is 3. The van der Waals surface area contributed by atoms with Gasteiger partial charge in [0.1, 0.15) is 0 Å². The first-order valence-electron chi connectivity index (χ1n) is 5.42. The zero-order valence-electron chi connectivity index (χ0n) is 9.77. The SMILES string of the molecule is CCc1ccc(/C=C2\SC(=O)N(C)C2=O)cc1. The van der Waals surface area contributed by atoms with Crippen LogP contribution in [-0.4, -0.2) is 23.1 Å². The number of rotatable bonds is 2. The molecule has 88 valence electrons. The number of thioether (sulfide) groups is 1. The Hall–Kier alpha value is -1.55. The number of carbonyl (C=O) groups excluding carboxylic acids is 2. The molecule has 0 saturated carbocycles. The molecule has 1 heterocycles. The van der Waals surface area contributed by atoms with Crippen LogP contribution < -0.4 is 0 Å². The lowest BCUT2D eigenvalue weighted by molar-refractivity contribution is -0.121. The van der Waals surface area contributed by atoms with E-state index >= 15 is 0 Å². The first-order chi connectivity index (χ1) is 8.11. The van der Waals surface area contributed by atoms with E-state index in [-0.39, 0.29) is 11.1 Å². The first-order valence-corrected chi connectivity index (χ1v) is 6.24. The average Bonchev–Trinajstić information content (AvgIpc) is 2.58. The first kappa shape index (κ1) is 11.9. The molecule has 3 nitrogen and oxygen atoms in total. The Morgan fingerprint density at radius 1 is 1.24 bits per heavy atom. The second-order valence-electron chi connectivity index (χ2n) is 3.84. The minimum Gasteiger partial charge on any atom is -0.272 e. The third kappa shape index (κ3) is 2.42. The number of nitrogens with zero attached hydrogens (tertiary/aromatic N) is 1. The summed E-state index contributed by atoms with van der Waals surface area (Å²) in [6.07, 6.45) is 2.75. The lowest BCUT2D eigenvalue weighted by atomic mass is 10.1. The van der Waals surface area contributed by atoms with Gasteiger partial charge in [-0.15, -0.1) is 0 Å². The third-order valence-corrected chi connectivity index (χ3v) is 3.63. The van der Waals surface area contributed by atoms with Crippen LogP contribution in [0.1, 0.15) is 18.1 Å². The molecule has 0 bridgehead atoms. The van der Waals surface area contributed by atoms with E-state index in [1.54, 1.807) is 6.08 Å². The molecular weight excluding hydrogens is 234 g/mol. The molecule has 1 aliphatic rings. The standard InChI is InChI=1S/C13H13NO2S/c1-3-9-4-6-10(7-5-9)8-11-12(15)14(2)13(16)17-11/h4-8H,3H2,1-2H3/b11-8-. The van der Waals surface area contributed by atoms with Crippen molar-refractivity contribution in [2.24, 2.45) is 0 Å². The van der Waals surface area contributed by atoms with Gasteiger partial charge in [-0.2, -0.15) is 0 Å². The highest BCUT2D eigenvalue weighted by Gasteiger charge is 2.31. The van der Waals surface area contributed by atoms with Crippen LogP contribution >= 0.6 is 11.8 Å². The van der Waals surface area contributed by atoms with Crippen molar-refractivity contribution in [3.63, 3.8) is 0 Å². The van der Waals surface area contributed by atoms with Crippen LogP contribution in [0.15, 0.2) is 29.2 Å². The summed E-state index contributed by atoms with van der Waals surface area (Å²) in [5.74, 6) is -0.223. The zero-order chi connectivity index (χ0) is 12.4. The molecule has 0 aromatic heterocycles. The van der Waals surface area contributed by atoms with E-state index in [0.29, 0.717) is 4.91 Å². The number of aryl methyl sites for hydroxylation is 1. The van der Waals surface area contributed by atoms with Crippen LogP contribution in [0.2, 0.25) is 0 Å². The number of imide groups is 1. The highest BCUT2D eigenvalue weighted by molar-refractivity contribution is 8.18. The van der Waals surface area contributed by atoms with Gasteiger partial charge in [-0.05, 0) is 35.4 Å². The van der Waals surface area contributed by atoms with Crippen molar-refractivity contribution in [1.82, 2.24) is 4.90 Å². The molecule has 1 fully saturated rings. The van der Waals surface area contributed by atoms with E-state index in [9.17, 15) is 9.59 Å². The Balaban J connectivity index is 2.24. The van der Waals surface area contributed by atoms with Crippen molar-refractivity contribution >= 4 is 29.0 Å². The number of hydrogen-bond donors (Lipinski definition) is 0. The van der Waals surface area contributed by atoms with Crippen LogP contribution in [0.4, 0.5) is 4.79 Å². The lowest BCUT2D eigenvalue weighted by Crippen LogP contribution is -2.22. The Kier molecular flexibility index (Phi) is 3.33. The van der Waals surface area contributed by atoms with Gasteiger partial charge >= 0.3 is 0 Å². The largest absolute Gasteiger partial charge is 0.293 e. The Labute approximate surface area is 104 Å². The summed E-state index contributed by atoms with van der Waals surface area (Å²) in [4.78, 5) is 24.6. The van der Waals surface area contributed by atoms with Crippen molar-refractivity contribution in [1.29, 1.82) is 0 Å². The van der Waals surface area contributed by atoms with Crippen LogP contribution in [0, 0.1) is 0 Å². The quantitative estimate of drug-likeness (QED) is 0.754. The minimum absolute atomic E-state index is 0.216. The molecule has 1 aliphatic heterocycles. The maximum atomic E-state index is 11.7. The summed E-state index contributed by atoms with van der Waals surface area (Å²) in [5.41, 5.74) is 2.20. The Bertz CT molecular complexity index is 491. The van der Waals surface area contributed by atoms with Gasteiger partial charge in [0.25, 0.3) is 11.1 Å². The second kappa shape index (κ2) is 4.75. The zero-order valence-corrected chi connectivity index (χ0v) is 10.6. The Morgan fingerprint density at radius 3 is 2.35 bits per heavy atom. The van der Waals surface area contributed by atoms with Gasteiger partial charge in [-0.1, -0.05) is 31.2 Å². The fourth-order valence-corrected chi connectivity index (χ4v) is 2.37. The van der Waals surface area contributed by atoms with Crippen molar-refractivity contribution < 1.29 is 9.59 Å². The van der Waals surface area contributed by atoms with Gasteiger partial charge in [0.05, 0.1) is 4.91 Å². The summed E-state index contributed by atoms with van der Waals surface area (Å²) in [5, 5.41) is -0.216. The van der Waals surface area contributed by atoms with Crippen LogP contribution in [0.3, 0.4) is 0 Å². The number of likely N-dealkylation sites (N-methyl/N-ethyl adjacent to an activating group) is 1. The molecular formula is C13H13NO2S. The number of amides is 2. The number of benzene rings is 1. The predicted octanol–water partition coefficient (Wildman–Crippen LogP) is 2.92. The van der Waals surface area contributed by atoms with Crippen LogP contribution in [0.25, 0.3) is 6.08 Å². The number of carbonyl (C=O) groups is 2. The Morgan fingerprint density at radius 2 is 1.88 bits per heavy atom. The van der Waals surface area contributed by atoms with Crippen molar-refractivity contribution in [2.45, 2.75) is 13.3 Å². The van der Waals surface area contributed by atoms with Crippen LogP contribution in [0.5, 0.6) is 0 Å². The van der Waals surface area contributed by atoms with E-state index in [1.165, 1.54) is 12.6 Å². The highest BCUT2D eigenvalue weighted by Crippen LogP contribution is 2.30. The molecule has 0 N–H and O–H groups in total. The molecule has 1 saturated heterocycles. The molecule has 0 atom stereocenters. The molecule has 0 radical (unpaired) electrons. The van der Waals surface area contributed by atoms with Gasteiger partial charge < -0.3 is 0 Å². The van der Waals surface area contributed by atoms with Crippen molar-refractivity contribution in [3.05, 3.63) is 40.3 Å². The van der Waals surface area contributed by atoms with Crippen molar-refractivity contribution in [3.8, 4) is 0 Å². The smallest absolute Gasteiger partial charge is 0.272 e. The molecule has 17 heavy (non-hydrogen) atoms. The molecule has 0 unspecified atom stereocenters. The van der Waals surface area contributed by atoms with E-state index in [1.807, 2.05) is 24.3 Å². The summed E-state index contributed by atoms with van der Waals surface area (Å²) >= 11 is 0.985. The summed E-state index contributed by atoms with van der Waals surface area (Å²) in [7, 11) is 1.50. The maximum Gasteiger partial charge on any atom is 0.293 e. The molecule has 1 aromatic rings. The average molecular weight is 247 g/mol. The fraction of sp³-hybridized carbons (Fsp3) is 0.231. The highest BCUT2D eigenvalue weighted by atomic mass is 32.2. The molecule has 2 amide bonds. The molecule has 2 rings (SSSR count). The maximum absolute atomic E-state index is 11.7. The summed E-state index contributed by atoms with van der Waals surface area (Å²) < 4.78 is 0. The molecule has 0 aliphatic carbocycles. The van der Waals surface area contributed by atoms with E-state index in [0.717, 1.165) is 28.6 Å². The molecule has 0 spiro atoms. The topological polar surface area (TPSA) is 37.4 Å². The van der Waals surface area contributed by atoms with E-state index in [4.69, 9.17) is 0 Å². The summed E-state index contributed by atoms with van der Waals surface area (Å²) in [6.45, 7) is 2.09. The van der Waals surface area contributed by atoms with Gasteiger partial charge in [-0.25, -0.2) is 0 Å². The third-order valence-electron chi connectivity index (χ3n) is 2.67. The summed E-state index contributed by atoms with van der Waals surface area (Å²) in [6, 6.07) is 7.98. The normalized spacial score (nSPS) is 18.2. The van der Waals surface area contributed by atoms with Gasteiger partial charge in [0, 0.05) is 7.05 Å². The predicted molar refractivity (Wildman–Crippen MR) is 69.6 cm³/mol. The van der Waals surface area contributed by atoms with Gasteiger partial charge in [-0.3, -0.25) is 14.5 Å². The molecule has 1 aromatic carbocycles. The fourth-order valence-electron chi connectivity index (χ4n) is 1.55. The van der Waals surface area contributed by atoms with Crippen molar-refractivity contribution in [2.75, 3.05) is 7.05 Å². The van der Waals surface area contributed by atoms with E-state index < -0.39 is 0 Å². The second-order valence-corrected chi connectivity index (χ2v) is 4.83. The van der Waals surface area contributed by atoms with E-state index in [2.05, 4.69) is 6.92 Å². The minimum atomic E-state index is -0.223. The molecule has 4 heteroatoms. The van der Waals surface area contributed by atoms with Gasteiger partial charge in [0.15, 0.2) is 0 Å². The lowest BCUT2D eigenvalue weighted by Gasteiger charge is -2.01. The van der Waals surface area contributed by atoms with Crippen LogP contribution in [-0.2, 0) is 11.2 Å². The monoisotopic (exact) mass is 247 g/mol.